The van der Waals surface area contributed by atoms with E-state index < -0.39 is 0 Å². The first-order valence-corrected chi connectivity index (χ1v) is 5.97. The Labute approximate surface area is 102 Å². The molecule has 1 heterocycles. The van der Waals surface area contributed by atoms with Gasteiger partial charge in [-0.25, -0.2) is 4.98 Å². The van der Waals surface area contributed by atoms with E-state index in [1.807, 2.05) is 32.0 Å². The number of rotatable bonds is 4. The van der Waals surface area contributed by atoms with Gasteiger partial charge in [-0.05, 0) is 32.4 Å². The minimum absolute atomic E-state index is 0.108. The van der Waals surface area contributed by atoms with Crippen LogP contribution in [0.2, 0.25) is 0 Å². The second-order valence-electron chi connectivity index (χ2n) is 4.26. The van der Waals surface area contributed by atoms with Crippen LogP contribution in [0.3, 0.4) is 0 Å². The van der Waals surface area contributed by atoms with Crippen molar-refractivity contribution in [3.63, 3.8) is 0 Å². The van der Waals surface area contributed by atoms with Gasteiger partial charge in [-0.1, -0.05) is 18.2 Å². The summed E-state index contributed by atoms with van der Waals surface area (Å²) in [5.41, 5.74) is 7.90. The molecule has 3 nitrogen and oxygen atoms in total. The standard InChI is InChI=1S/C14H18N2O/c1-3-17-14-12(8-10(2)15)9-11-6-4-5-7-13(11)16-14/h4-7,9-10H,3,8,15H2,1-2H3. The van der Waals surface area contributed by atoms with Crippen molar-refractivity contribution in [2.45, 2.75) is 26.3 Å². The number of ether oxygens (including phenoxy) is 1. The fourth-order valence-corrected chi connectivity index (χ4v) is 1.90. The van der Waals surface area contributed by atoms with E-state index >= 15 is 0 Å². The molecule has 0 aliphatic rings. The topological polar surface area (TPSA) is 48.1 Å². The molecule has 1 atom stereocenters. The quantitative estimate of drug-likeness (QED) is 0.878. The lowest BCUT2D eigenvalue weighted by Crippen LogP contribution is -2.18. The third-order valence-electron chi connectivity index (χ3n) is 2.59. The average molecular weight is 230 g/mol. The Bertz CT molecular complexity index is 509. The summed E-state index contributed by atoms with van der Waals surface area (Å²) in [5, 5.41) is 1.13. The molecular weight excluding hydrogens is 212 g/mol. The van der Waals surface area contributed by atoms with Gasteiger partial charge in [-0.2, -0.15) is 0 Å². The van der Waals surface area contributed by atoms with Crippen molar-refractivity contribution in [1.82, 2.24) is 4.98 Å². The molecule has 0 amide bonds. The summed E-state index contributed by atoms with van der Waals surface area (Å²) in [6.07, 6.45) is 0.785. The fraction of sp³-hybridized carbons (Fsp3) is 0.357. The summed E-state index contributed by atoms with van der Waals surface area (Å²) in [6.45, 7) is 4.58. The SMILES string of the molecule is CCOc1nc2ccccc2cc1CC(C)N. The highest BCUT2D eigenvalue weighted by molar-refractivity contribution is 5.80. The van der Waals surface area contributed by atoms with E-state index in [2.05, 4.69) is 17.1 Å². The normalized spacial score (nSPS) is 12.6. The van der Waals surface area contributed by atoms with Crippen LogP contribution in [0.4, 0.5) is 0 Å². The van der Waals surface area contributed by atoms with Crippen molar-refractivity contribution in [2.75, 3.05) is 6.61 Å². The molecule has 2 aromatic rings. The Hall–Kier alpha value is -1.61. The van der Waals surface area contributed by atoms with Gasteiger partial charge in [-0.15, -0.1) is 0 Å². The van der Waals surface area contributed by atoms with E-state index in [0.29, 0.717) is 12.5 Å². The first-order valence-electron chi connectivity index (χ1n) is 5.97. The molecule has 0 spiro atoms. The molecule has 0 fully saturated rings. The first kappa shape index (κ1) is 11.9. The van der Waals surface area contributed by atoms with Crippen molar-refractivity contribution >= 4 is 10.9 Å². The minimum Gasteiger partial charge on any atom is -0.478 e. The fourth-order valence-electron chi connectivity index (χ4n) is 1.90. The zero-order valence-electron chi connectivity index (χ0n) is 10.3. The maximum absolute atomic E-state index is 5.85. The molecule has 0 saturated heterocycles. The van der Waals surface area contributed by atoms with Crippen LogP contribution in [0.15, 0.2) is 30.3 Å². The van der Waals surface area contributed by atoms with Crippen molar-refractivity contribution in [3.8, 4) is 5.88 Å². The molecule has 2 rings (SSSR count). The van der Waals surface area contributed by atoms with Gasteiger partial charge >= 0.3 is 0 Å². The van der Waals surface area contributed by atoms with Gasteiger partial charge in [-0.3, -0.25) is 0 Å². The zero-order chi connectivity index (χ0) is 12.3. The van der Waals surface area contributed by atoms with Gasteiger partial charge in [0.1, 0.15) is 0 Å². The molecule has 3 heteroatoms. The highest BCUT2D eigenvalue weighted by atomic mass is 16.5. The lowest BCUT2D eigenvalue weighted by atomic mass is 10.1. The summed E-state index contributed by atoms with van der Waals surface area (Å²) in [5.74, 6) is 0.712. The molecule has 17 heavy (non-hydrogen) atoms. The Morgan fingerprint density at radius 1 is 1.35 bits per heavy atom. The number of nitrogens with two attached hydrogens (primary N) is 1. The van der Waals surface area contributed by atoms with Crippen LogP contribution in [0.1, 0.15) is 19.4 Å². The largest absolute Gasteiger partial charge is 0.478 e. The molecule has 0 radical (unpaired) electrons. The van der Waals surface area contributed by atoms with Crippen LogP contribution >= 0.6 is 0 Å². The summed E-state index contributed by atoms with van der Waals surface area (Å²) in [6, 6.07) is 10.3. The first-order chi connectivity index (χ1) is 8.20. The van der Waals surface area contributed by atoms with E-state index in [-0.39, 0.29) is 6.04 Å². The Kier molecular flexibility index (Phi) is 3.59. The number of pyridine rings is 1. The second kappa shape index (κ2) is 5.15. The molecule has 2 N–H and O–H groups in total. The van der Waals surface area contributed by atoms with E-state index in [0.717, 1.165) is 22.9 Å². The number of hydrogen-bond acceptors (Lipinski definition) is 3. The summed E-state index contributed by atoms with van der Waals surface area (Å²) < 4.78 is 5.58. The Morgan fingerprint density at radius 3 is 2.82 bits per heavy atom. The van der Waals surface area contributed by atoms with Crippen molar-refractivity contribution in [1.29, 1.82) is 0 Å². The van der Waals surface area contributed by atoms with E-state index in [9.17, 15) is 0 Å². The number of para-hydroxylation sites is 1. The van der Waals surface area contributed by atoms with Gasteiger partial charge in [0.2, 0.25) is 5.88 Å². The van der Waals surface area contributed by atoms with Crippen LogP contribution in [0.5, 0.6) is 5.88 Å². The van der Waals surface area contributed by atoms with Crippen molar-refractivity contribution in [3.05, 3.63) is 35.9 Å². The molecule has 1 aromatic carbocycles. The maximum Gasteiger partial charge on any atom is 0.217 e. The van der Waals surface area contributed by atoms with Crippen LogP contribution < -0.4 is 10.5 Å². The van der Waals surface area contributed by atoms with Gasteiger partial charge in [0, 0.05) is 17.0 Å². The molecule has 0 saturated carbocycles. The molecule has 0 bridgehead atoms. The minimum atomic E-state index is 0.108. The zero-order valence-corrected chi connectivity index (χ0v) is 10.3. The predicted molar refractivity (Wildman–Crippen MR) is 70.3 cm³/mol. The van der Waals surface area contributed by atoms with E-state index in [1.165, 1.54) is 0 Å². The summed E-state index contributed by atoms with van der Waals surface area (Å²) >= 11 is 0. The number of fused-ring (bicyclic) bond motifs is 1. The van der Waals surface area contributed by atoms with Gasteiger partial charge < -0.3 is 10.5 Å². The molecule has 1 unspecified atom stereocenters. The van der Waals surface area contributed by atoms with Crippen LogP contribution in [-0.4, -0.2) is 17.6 Å². The lowest BCUT2D eigenvalue weighted by molar-refractivity contribution is 0.323. The second-order valence-corrected chi connectivity index (χ2v) is 4.26. The molecule has 0 aliphatic heterocycles. The highest BCUT2D eigenvalue weighted by Gasteiger charge is 2.09. The van der Waals surface area contributed by atoms with Gasteiger partial charge in [0.25, 0.3) is 0 Å². The average Bonchev–Trinajstić information content (AvgIpc) is 2.29. The predicted octanol–water partition coefficient (Wildman–Crippen LogP) is 2.52. The smallest absolute Gasteiger partial charge is 0.217 e. The summed E-state index contributed by atoms with van der Waals surface area (Å²) in [4.78, 5) is 4.54. The van der Waals surface area contributed by atoms with Crippen LogP contribution in [0.25, 0.3) is 10.9 Å². The number of aromatic nitrogens is 1. The third kappa shape index (κ3) is 2.74. The third-order valence-corrected chi connectivity index (χ3v) is 2.59. The van der Waals surface area contributed by atoms with Crippen LogP contribution in [-0.2, 0) is 6.42 Å². The Morgan fingerprint density at radius 2 is 2.12 bits per heavy atom. The molecule has 1 aromatic heterocycles. The highest BCUT2D eigenvalue weighted by Crippen LogP contribution is 2.23. The van der Waals surface area contributed by atoms with Crippen molar-refractivity contribution < 1.29 is 4.74 Å². The molecule has 0 aliphatic carbocycles. The van der Waals surface area contributed by atoms with E-state index in [4.69, 9.17) is 10.5 Å². The van der Waals surface area contributed by atoms with Crippen LogP contribution in [0, 0.1) is 0 Å². The maximum atomic E-state index is 5.85. The van der Waals surface area contributed by atoms with Gasteiger partial charge in [0.05, 0.1) is 12.1 Å². The molecular formula is C14H18N2O. The Balaban J connectivity index is 2.49. The van der Waals surface area contributed by atoms with Crippen molar-refractivity contribution in [2.24, 2.45) is 5.73 Å². The molecule has 90 valence electrons. The lowest BCUT2D eigenvalue weighted by Gasteiger charge is -2.12. The monoisotopic (exact) mass is 230 g/mol. The van der Waals surface area contributed by atoms with E-state index in [1.54, 1.807) is 0 Å². The number of benzene rings is 1. The number of nitrogens with zero attached hydrogens (tertiary/aromatic N) is 1. The summed E-state index contributed by atoms with van der Waals surface area (Å²) in [7, 11) is 0. The number of hydrogen-bond donors (Lipinski definition) is 1. The van der Waals surface area contributed by atoms with Gasteiger partial charge in [0.15, 0.2) is 0 Å².